The molecule has 0 amide bonds. The summed E-state index contributed by atoms with van der Waals surface area (Å²) in [7, 11) is -1.97. The van der Waals surface area contributed by atoms with Gasteiger partial charge in [0.1, 0.15) is 0 Å². The van der Waals surface area contributed by atoms with E-state index in [2.05, 4.69) is 69.9 Å². The van der Waals surface area contributed by atoms with Crippen LogP contribution in [0.25, 0.3) is 10.9 Å². The Hall–Kier alpha value is -0.853. The van der Waals surface area contributed by atoms with E-state index in [0.29, 0.717) is 23.2 Å². The van der Waals surface area contributed by atoms with Crippen molar-refractivity contribution in [2.75, 3.05) is 19.7 Å². The number of nitrogens with zero attached hydrogens (tertiary/aromatic N) is 2. The number of aliphatic hydroxyl groups is 2. The van der Waals surface area contributed by atoms with E-state index in [-0.39, 0.29) is 12.6 Å². The predicted octanol–water partition coefficient (Wildman–Crippen LogP) is 6.44. The Morgan fingerprint density at radius 2 is 1.61 bits per heavy atom. The lowest BCUT2D eigenvalue weighted by Gasteiger charge is -2.44. The number of hydrogen-bond acceptors (Lipinski definition) is 3. The van der Waals surface area contributed by atoms with Gasteiger partial charge < -0.3 is 14.4 Å². The lowest BCUT2D eigenvalue weighted by atomic mass is 10.0. The maximum Gasteiger partial charge on any atom is 0.169 e. The molecule has 1 unspecified atom stereocenters. The van der Waals surface area contributed by atoms with Crippen LogP contribution >= 0.6 is 11.6 Å². The van der Waals surface area contributed by atoms with Crippen LogP contribution in [0.3, 0.4) is 0 Å². The average Bonchev–Trinajstić information content (AvgIpc) is 3.03. The van der Waals surface area contributed by atoms with Gasteiger partial charge in [0, 0.05) is 29.7 Å². The fourth-order valence-electron chi connectivity index (χ4n) is 5.91. The summed E-state index contributed by atoms with van der Waals surface area (Å²) in [6, 6.07) is 6.22. The predicted molar refractivity (Wildman–Crippen MR) is 137 cm³/mol. The number of aliphatic hydroxyl groups excluding tert-OH is 2. The minimum absolute atomic E-state index is 0.0109. The molecule has 2 rings (SSSR count). The molecule has 2 aromatic rings. The van der Waals surface area contributed by atoms with Gasteiger partial charge in [-0.05, 0) is 48.1 Å². The third-order valence-corrected chi connectivity index (χ3v) is 14.2. The summed E-state index contributed by atoms with van der Waals surface area (Å²) in [5.74, 6) is 0. The molecule has 0 aliphatic heterocycles. The smallest absolute Gasteiger partial charge is 0.169 e. The van der Waals surface area contributed by atoms with Crippen molar-refractivity contribution in [1.29, 1.82) is 0 Å². The monoisotopic (exact) mass is 466 g/mol. The second kappa shape index (κ2) is 10.8. The highest BCUT2D eigenvalue weighted by atomic mass is 35.5. The van der Waals surface area contributed by atoms with Crippen molar-refractivity contribution >= 4 is 30.7 Å². The Bertz CT molecular complexity index is 828. The summed E-state index contributed by atoms with van der Waals surface area (Å²) in [5, 5.41) is 22.6. The van der Waals surface area contributed by atoms with Crippen LogP contribution in [-0.4, -0.2) is 53.3 Å². The van der Waals surface area contributed by atoms with Gasteiger partial charge in [-0.2, -0.15) is 0 Å². The van der Waals surface area contributed by atoms with E-state index in [1.54, 1.807) is 0 Å². The number of hydrogen-bond donors (Lipinski definition) is 2. The number of aromatic nitrogens is 1. The minimum atomic E-state index is -1.97. The van der Waals surface area contributed by atoms with Crippen LogP contribution in [0.15, 0.2) is 24.4 Å². The molecule has 176 valence electrons. The fraction of sp³-hybridized carbons (Fsp3) is 0.680. The Labute approximate surface area is 195 Å². The fourth-order valence-corrected chi connectivity index (χ4v) is 12.9. The molecule has 1 heterocycles. The van der Waals surface area contributed by atoms with Gasteiger partial charge in [0.2, 0.25) is 0 Å². The zero-order valence-corrected chi connectivity index (χ0v) is 22.4. The number of rotatable bonds is 11. The van der Waals surface area contributed by atoms with Gasteiger partial charge >= 0.3 is 0 Å². The van der Waals surface area contributed by atoms with Crippen LogP contribution in [0.2, 0.25) is 21.6 Å². The van der Waals surface area contributed by atoms with Crippen molar-refractivity contribution in [3.05, 3.63) is 35.0 Å². The molecule has 0 fully saturated rings. The van der Waals surface area contributed by atoms with Crippen molar-refractivity contribution in [2.24, 2.45) is 0 Å². The van der Waals surface area contributed by atoms with E-state index in [9.17, 15) is 10.2 Å². The van der Waals surface area contributed by atoms with Gasteiger partial charge in [0.05, 0.1) is 17.7 Å². The first-order chi connectivity index (χ1) is 14.5. The number of benzene rings is 1. The normalized spacial score (nSPS) is 15.1. The molecule has 0 aliphatic rings. The molecule has 0 saturated carbocycles. The molecule has 0 radical (unpaired) electrons. The van der Waals surface area contributed by atoms with Gasteiger partial charge in [-0.1, -0.05) is 72.2 Å². The Morgan fingerprint density at radius 3 is 2.10 bits per heavy atom. The minimum Gasteiger partial charge on any atom is -0.395 e. The second-order valence-electron chi connectivity index (χ2n) is 9.98. The average molecular weight is 467 g/mol. The highest BCUT2D eigenvalue weighted by molar-refractivity contribution is 6.82. The molecule has 2 atom stereocenters. The van der Waals surface area contributed by atoms with Crippen LogP contribution < -0.4 is 0 Å². The largest absolute Gasteiger partial charge is 0.395 e. The van der Waals surface area contributed by atoms with Crippen LogP contribution in [-0.2, 0) is 0 Å². The van der Waals surface area contributed by atoms with Crippen LogP contribution in [0.4, 0.5) is 0 Å². The highest BCUT2D eigenvalue weighted by Gasteiger charge is 2.46. The number of halogens is 1. The topological polar surface area (TPSA) is 48.6 Å². The SMILES string of the molecule is CCCN(CC(O)c1cccc2c1c(Cl)cn2[Si](C(C)C)(C(C)C)C(C)C)[C@@H](C)CO. The quantitative estimate of drug-likeness (QED) is 0.374. The summed E-state index contributed by atoms with van der Waals surface area (Å²) in [4.78, 5) is 2.16. The molecular weight excluding hydrogens is 424 g/mol. The van der Waals surface area contributed by atoms with Crippen molar-refractivity contribution in [3.8, 4) is 0 Å². The van der Waals surface area contributed by atoms with E-state index >= 15 is 0 Å². The van der Waals surface area contributed by atoms with Crippen molar-refractivity contribution in [3.63, 3.8) is 0 Å². The van der Waals surface area contributed by atoms with E-state index in [4.69, 9.17) is 11.6 Å². The molecule has 0 spiro atoms. The van der Waals surface area contributed by atoms with Crippen LogP contribution in [0, 0.1) is 0 Å². The van der Waals surface area contributed by atoms with Gasteiger partial charge in [-0.3, -0.25) is 4.90 Å². The summed E-state index contributed by atoms with van der Waals surface area (Å²) in [5.41, 5.74) is 3.68. The van der Waals surface area contributed by atoms with Gasteiger partial charge in [-0.25, -0.2) is 0 Å². The molecule has 0 bridgehead atoms. The van der Waals surface area contributed by atoms with Crippen molar-refractivity contribution < 1.29 is 10.2 Å². The Kier molecular flexibility index (Phi) is 9.23. The van der Waals surface area contributed by atoms with Crippen molar-refractivity contribution in [2.45, 2.75) is 90.6 Å². The highest BCUT2D eigenvalue weighted by Crippen LogP contribution is 2.46. The maximum atomic E-state index is 11.2. The van der Waals surface area contributed by atoms with E-state index < -0.39 is 14.3 Å². The first-order valence-corrected chi connectivity index (χ1v) is 14.4. The standard InChI is InChI=1S/C25H43ClN2O2Si/c1-9-13-27(20(8)16-29)15-24(30)21-11-10-12-23-25(21)22(26)14-28(23)31(17(2)3,18(4)5)19(6)7/h10-12,14,17-20,24,29-30H,9,13,15-16H2,1-8H3/t20-,24?/m0/s1. The third-order valence-electron chi connectivity index (χ3n) is 7.17. The first kappa shape index (κ1) is 26.4. The first-order valence-electron chi connectivity index (χ1n) is 11.9. The van der Waals surface area contributed by atoms with Crippen molar-refractivity contribution in [1.82, 2.24) is 9.13 Å². The molecule has 1 aromatic carbocycles. The van der Waals surface area contributed by atoms with Gasteiger partial charge in [0.15, 0.2) is 8.24 Å². The summed E-state index contributed by atoms with van der Waals surface area (Å²) < 4.78 is 2.51. The maximum absolute atomic E-state index is 11.2. The molecule has 2 N–H and O–H groups in total. The van der Waals surface area contributed by atoms with E-state index in [1.165, 1.54) is 0 Å². The Balaban J connectivity index is 2.63. The van der Waals surface area contributed by atoms with Gasteiger partial charge in [-0.15, -0.1) is 0 Å². The summed E-state index contributed by atoms with van der Waals surface area (Å²) in [6.07, 6.45) is 2.45. The molecule has 0 aliphatic carbocycles. The zero-order chi connectivity index (χ0) is 23.5. The van der Waals surface area contributed by atoms with E-state index in [0.717, 1.165) is 34.5 Å². The molecule has 0 saturated heterocycles. The molecule has 6 heteroatoms. The molecule has 4 nitrogen and oxygen atoms in total. The van der Waals surface area contributed by atoms with Crippen LogP contribution in [0.5, 0.6) is 0 Å². The third kappa shape index (κ3) is 4.91. The lowest BCUT2D eigenvalue weighted by molar-refractivity contribution is 0.0692. The number of fused-ring (bicyclic) bond motifs is 1. The Morgan fingerprint density at radius 1 is 1.03 bits per heavy atom. The molecule has 31 heavy (non-hydrogen) atoms. The van der Waals surface area contributed by atoms with E-state index in [1.807, 2.05) is 19.1 Å². The molecule has 1 aromatic heterocycles. The zero-order valence-electron chi connectivity index (χ0n) is 20.7. The summed E-state index contributed by atoms with van der Waals surface area (Å²) in [6.45, 7) is 19.6. The van der Waals surface area contributed by atoms with Crippen LogP contribution in [0.1, 0.15) is 73.5 Å². The second-order valence-corrected chi connectivity index (χ2v) is 16.1. The summed E-state index contributed by atoms with van der Waals surface area (Å²) >= 11 is 6.87. The molecular formula is C25H43ClN2O2Si. The lowest BCUT2D eigenvalue weighted by Crippen LogP contribution is -2.51. The van der Waals surface area contributed by atoms with Gasteiger partial charge in [0.25, 0.3) is 0 Å².